The van der Waals surface area contributed by atoms with Crippen LogP contribution in [0.2, 0.25) is 0 Å². The lowest BCUT2D eigenvalue weighted by molar-refractivity contribution is -0.0498. The predicted molar refractivity (Wildman–Crippen MR) is 76.8 cm³/mol. The summed E-state index contributed by atoms with van der Waals surface area (Å²) in [5.41, 5.74) is 1.02. The highest BCUT2D eigenvalue weighted by Gasteiger charge is 2.07. The number of ether oxygens (including phenoxy) is 3. The molecule has 0 radical (unpaired) electrons. The fourth-order valence-electron chi connectivity index (χ4n) is 1.79. The molecule has 0 aliphatic rings. The summed E-state index contributed by atoms with van der Waals surface area (Å²) in [7, 11) is 1.64. The van der Waals surface area contributed by atoms with Crippen molar-refractivity contribution >= 4 is 0 Å². The number of alkyl halides is 2. The number of hydrogen-bond acceptors (Lipinski definition) is 4. The lowest BCUT2D eigenvalue weighted by atomic mass is 10.1. The maximum Gasteiger partial charge on any atom is 0.387 e. The fraction of sp³-hybridized carbons (Fsp3) is 0.600. The lowest BCUT2D eigenvalue weighted by Gasteiger charge is -2.15. The molecule has 0 spiro atoms. The van der Waals surface area contributed by atoms with Crippen molar-refractivity contribution in [2.45, 2.75) is 26.0 Å². The summed E-state index contributed by atoms with van der Waals surface area (Å²) in [6.07, 6.45) is 0.903. The lowest BCUT2D eigenvalue weighted by Crippen LogP contribution is -2.21. The molecule has 4 nitrogen and oxygen atoms in total. The van der Waals surface area contributed by atoms with Crippen LogP contribution in [0, 0.1) is 0 Å². The molecular weight excluding hydrogens is 280 g/mol. The van der Waals surface area contributed by atoms with E-state index in [-0.39, 0.29) is 11.8 Å². The number of halogens is 2. The van der Waals surface area contributed by atoms with Crippen LogP contribution in [0.5, 0.6) is 5.75 Å². The number of hydrogen-bond donors (Lipinski definition) is 1. The molecule has 1 aromatic rings. The van der Waals surface area contributed by atoms with Gasteiger partial charge in [0.1, 0.15) is 5.75 Å². The predicted octanol–water partition coefficient (Wildman–Crippen LogP) is 2.99. The first-order chi connectivity index (χ1) is 10.1. The molecular formula is C15H23F2NO3. The van der Waals surface area contributed by atoms with Gasteiger partial charge in [-0.15, -0.1) is 0 Å². The van der Waals surface area contributed by atoms with Crippen LogP contribution in [-0.2, 0) is 9.47 Å². The molecule has 0 aliphatic heterocycles. The Kier molecular flexibility index (Phi) is 8.89. The van der Waals surface area contributed by atoms with Crippen molar-refractivity contribution < 1.29 is 23.0 Å². The van der Waals surface area contributed by atoms with Crippen LogP contribution in [0.1, 0.15) is 24.9 Å². The molecule has 1 unspecified atom stereocenters. The van der Waals surface area contributed by atoms with Gasteiger partial charge in [-0.2, -0.15) is 8.78 Å². The van der Waals surface area contributed by atoms with Crippen molar-refractivity contribution in [3.63, 3.8) is 0 Å². The Labute approximate surface area is 124 Å². The van der Waals surface area contributed by atoms with Crippen molar-refractivity contribution in [3.05, 3.63) is 29.8 Å². The molecule has 1 rings (SSSR count). The number of nitrogens with one attached hydrogen (secondary N) is 1. The molecule has 1 N–H and O–H groups in total. The Balaban J connectivity index is 2.21. The molecule has 1 atom stereocenters. The fourth-order valence-corrected chi connectivity index (χ4v) is 1.79. The molecule has 0 saturated heterocycles. The number of methoxy groups -OCH3 is 1. The summed E-state index contributed by atoms with van der Waals surface area (Å²) in [5.74, 6) is 0.174. The second-order valence-corrected chi connectivity index (χ2v) is 4.58. The van der Waals surface area contributed by atoms with E-state index >= 15 is 0 Å². The van der Waals surface area contributed by atoms with Gasteiger partial charge >= 0.3 is 6.61 Å². The van der Waals surface area contributed by atoms with Gasteiger partial charge in [-0.25, -0.2) is 0 Å². The van der Waals surface area contributed by atoms with E-state index in [4.69, 9.17) is 9.47 Å². The highest BCUT2D eigenvalue weighted by molar-refractivity contribution is 5.28. The minimum atomic E-state index is -2.79. The van der Waals surface area contributed by atoms with Crippen molar-refractivity contribution in [2.24, 2.45) is 0 Å². The van der Waals surface area contributed by atoms with Crippen LogP contribution >= 0.6 is 0 Å². The van der Waals surface area contributed by atoms with Gasteiger partial charge in [-0.05, 0) is 37.6 Å². The molecule has 0 fully saturated rings. The monoisotopic (exact) mass is 303 g/mol. The van der Waals surface area contributed by atoms with Crippen LogP contribution in [0.3, 0.4) is 0 Å². The third kappa shape index (κ3) is 7.94. The maximum atomic E-state index is 12.0. The molecule has 0 amide bonds. The average molecular weight is 303 g/mol. The Morgan fingerprint density at radius 3 is 2.43 bits per heavy atom. The summed E-state index contributed by atoms with van der Waals surface area (Å²) < 4.78 is 38.6. The van der Waals surface area contributed by atoms with Gasteiger partial charge in [0.2, 0.25) is 0 Å². The zero-order valence-electron chi connectivity index (χ0n) is 12.5. The van der Waals surface area contributed by atoms with Gasteiger partial charge < -0.3 is 19.5 Å². The van der Waals surface area contributed by atoms with Gasteiger partial charge in [0.05, 0.1) is 13.2 Å². The largest absolute Gasteiger partial charge is 0.435 e. The first kappa shape index (κ1) is 17.8. The average Bonchev–Trinajstić information content (AvgIpc) is 2.46. The molecule has 0 heterocycles. The molecule has 1 aromatic carbocycles. The molecule has 0 bridgehead atoms. The molecule has 0 saturated carbocycles. The molecule has 0 aliphatic carbocycles. The first-order valence-corrected chi connectivity index (χ1v) is 6.98. The molecule has 6 heteroatoms. The topological polar surface area (TPSA) is 39.7 Å². The van der Waals surface area contributed by atoms with Gasteiger partial charge in [0, 0.05) is 19.8 Å². The van der Waals surface area contributed by atoms with Crippen molar-refractivity contribution in [2.75, 3.05) is 33.5 Å². The van der Waals surface area contributed by atoms with E-state index in [0.717, 1.165) is 18.5 Å². The van der Waals surface area contributed by atoms with E-state index in [2.05, 4.69) is 10.1 Å². The quantitative estimate of drug-likeness (QED) is 0.638. The van der Waals surface area contributed by atoms with E-state index in [1.165, 1.54) is 0 Å². The van der Waals surface area contributed by atoms with Gasteiger partial charge in [0.15, 0.2) is 0 Å². The van der Waals surface area contributed by atoms with Crippen LogP contribution in [0.25, 0.3) is 0 Å². The van der Waals surface area contributed by atoms with Crippen LogP contribution < -0.4 is 10.1 Å². The van der Waals surface area contributed by atoms with Gasteiger partial charge in [0.25, 0.3) is 0 Å². The second kappa shape index (κ2) is 10.5. The Morgan fingerprint density at radius 1 is 1.10 bits per heavy atom. The smallest absolute Gasteiger partial charge is 0.387 e. The third-order valence-electron chi connectivity index (χ3n) is 2.95. The summed E-state index contributed by atoms with van der Waals surface area (Å²) in [5, 5.41) is 3.35. The van der Waals surface area contributed by atoms with E-state index in [0.29, 0.717) is 19.8 Å². The van der Waals surface area contributed by atoms with Crippen molar-refractivity contribution in [3.8, 4) is 5.75 Å². The zero-order valence-corrected chi connectivity index (χ0v) is 12.5. The van der Waals surface area contributed by atoms with Crippen molar-refractivity contribution in [1.29, 1.82) is 0 Å². The van der Waals surface area contributed by atoms with E-state index in [1.54, 1.807) is 31.4 Å². The minimum absolute atomic E-state index is 0.143. The summed E-state index contributed by atoms with van der Waals surface area (Å²) >= 11 is 0. The third-order valence-corrected chi connectivity index (χ3v) is 2.95. The molecule has 21 heavy (non-hydrogen) atoms. The Hall–Kier alpha value is -1.24. The van der Waals surface area contributed by atoms with Gasteiger partial charge in [-0.1, -0.05) is 12.1 Å². The highest BCUT2D eigenvalue weighted by Crippen LogP contribution is 2.19. The first-order valence-electron chi connectivity index (χ1n) is 6.98. The van der Waals surface area contributed by atoms with E-state index in [9.17, 15) is 8.78 Å². The normalized spacial score (nSPS) is 12.6. The Morgan fingerprint density at radius 2 is 1.81 bits per heavy atom. The number of benzene rings is 1. The van der Waals surface area contributed by atoms with Crippen LogP contribution in [0.15, 0.2) is 24.3 Å². The van der Waals surface area contributed by atoms with E-state index in [1.807, 2.05) is 6.92 Å². The minimum Gasteiger partial charge on any atom is -0.435 e. The summed E-state index contributed by atoms with van der Waals surface area (Å²) in [6, 6.07) is 6.81. The number of rotatable bonds is 11. The summed E-state index contributed by atoms with van der Waals surface area (Å²) in [6.45, 7) is 1.96. The second-order valence-electron chi connectivity index (χ2n) is 4.58. The highest BCUT2D eigenvalue weighted by atomic mass is 19.3. The molecule has 120 valence electrons. The SMILES string of the molecule is COCCOCCCNC(C)c1ccc(OC(F)F)cc1. The maximum absolute atomic E-state index is 12.0. The van der Waals surface area contributed by atoms with Crippen LogP contribution in [0.4, 0.5) is 8.78 Å². The zero-order chi connectivity index (χ0) is 15.5. The molecule has 0 aromatic heterocycles. The van der Waals surface area contributed by atoms with Crippen molar-refractivity contribution in [1.82, 2.24) is 5.32 Å². The standard InChI is InChI=1S/C15H23F2NO3/c1-12(18-8-3-9-20-11-10-19-2)13-4-6-14(7-5-13)21-15(16)17/h4-7,12,15,18H,3,8-11H2,1-2H3. The summed E-state index contributed by atoms with van der Waals surface area (Å²) in [4.78, 5) is 0. The van der Waals surface area contributed by atoms with Gasteiger partial charge in [-0.3, -0.25) is 0 Å². The van der Waals surface area contributed by atoms with Crippen LogP contribution in [-0.4, -0.2) is 40.1 Å². The van der Waals surface area contributed by atoms with E-state index < -0.39 is 6.61 Å². The Bertz CT molecular complexity index is 374.